The van der Waals surface area contributed by atoms with Crippen molar-refractivity contribution in [3.8, 4) is 5.75 Å². The number of methoxy groups -OCH3 is 1. The second-order valence-corrected chi connectivity index (χ2v) is 3.35. The van der Waals surface area contributed by atoms with E-state index in [0.29, 0.717) is 6.41 Å². The van der Waals surface area contributed by atoms with E-state index < -0.39 is 0 Å². The van der Waals surface area contributed by atoms with Gasteiger partial charge < -0.3 is 10.1 Å². The van der Waals surface area contributed by atoms with E-state index in [9.17, 15) is 4.79 Å². The molecule has 0 aromatic heterocycles. The summed E-state index contributed by atoms with van der Waals surface area (Å²) in [5, 5.41) is 2.70. The molecule has 0 radical (unpaired) electrons. The van der Waals surface area contributed by atoms with Gasteiger partial charge in [-0.05, 0) is 25.0 Å². The predicted molar refractivity (Wildman–Crippen MR) is 61.3 cm³/mol. The van der Waals surface area contributed by atoms with Crippen molar-refractivity contribution in [1.82, 2.24) is 0 Å². The molecule has 0 saturated carbocycles. The number of nitrogens with one attached hydrogen (secondary N) is 1. The van der Waals surface area contributed by atoms with E-state index in [1.807, 2.05) is 18.2 Å². The fourth-order valence-corrected chi connectivity index (χ4v) is 1.57. The lowest BCUT2D eigenvalue weighted by atomic mass is 10.1. The van der Waals surface area contributed by atoms with Crippen molar-refractivity contribution in [3.63, 3.8) is 0 Å². The molecule has 3 nitrogen and oxygen atoms in total. The van der Waals surface area contributed by atoms with E-state index >= 15 is 0 Å². The zero-order chi connectivity index (χ0) is 11.1. The Kier molecular flexibility index (Phi) is 4.68. The van der Waals surface area contributed by atoms with E-state index in [0.717, 1.165) is 36.3 Å². The lowest BCUT2D eigenvalue weighted by molar-refractivity contribution is -0.105. The summed E-state index contributed by atoms with van der Waals surface area (Å²) >= 11 is 0. The summed E-state index contributed by atoms with van der Waals surface area (Å²) in [6.45, 7) is 2.14. The fraction of sp³-hybridized carbons (Fsp3) is 0.417. The van der Waals surface area contributed by atoms with Crippen LogP contribution in [0.15, 0.2) is 18.2 Å². The number of rotatable bonds is 6. The molecule has 0 aliphatic rings. The highest BCUT2D eigenvalue weighted by molar-refractivity contribution is 5.74. The number of hydrogen-bond donors (Lipinski definition) is 1. The first kappa shape index (κ1) is 11.6. The minimum absolute atomic E-state index is 0.699. The predicted octanol–water partition coefficient (Wildman–Crippen LogP) is 2.61. The van der Waals surface area contributed by atoms with Gasteiger partial charge in [-0.2, -0.15) is 0 Å². The summed E-state index contributed by atoms with van der Waals surface area (Å²) in [7, 11) is 1.65. The number of carbonyl (C=O) groups is 1. The fourth-order valence-electron chi connectivity index (χ4n) is 1.57. The lowest BCUT2D eigenvalue weighted by Gasteiger charge is -2.12. The molecule has 0 fully saturated rings. The molecule has 0 aliphatic carbocycles. The third-order valence-corrected chi connectivity index (χ3v) is 2.35. The molecule has 1 amide bonds. The molecular formula is C12H17NO2. The topological polar surface area (TPSA) is 38.3 Å². The second-order valence-electron chi connectivity index (χ2n) is 3.35. The Bertz CT molecular complexity index is 323. The third-order valence-electron chi connectivity index (χ3n) is 2.35. The maximum Gasteiger partial charge on any atom is 0.211 e. The van der Waals surface area contributed by atoms with Gasteiger partial charge in [-0.15, -0.1) is 0 Å². The zero-order valence-corrected chi connectivity index (χ0v) is 9.25. The molecule has 1 N–H and O–H groups in total. The van der Waals surface area contributed by atoms with E-state index in [1.54, 1.807) is 7.11 Å². The summed E-state index contributed by atoms with van der Waals surface area (Å²) in [6.07, 6.45) is 3.84. The van der Waals surface area contributed by atoms with Gasteiger partial charge in [-0.1, -0.05) is 19.4 Å². The Morgan fingerprint density at radius 3 is 2.87 bits per heavy atom. The van der Waals surface area contributed by atoms with Crippen LogP contribution in [0, 0.1) is 0 Å². The van der Waals surface area contributed by atoms with Gasteiger partial charge in [0.2, 0.25) is 6.41 Å². The van der Waals surface area contributed by atoms with Crippen molar-refractivity contribution in [2.24, 2.45) is 0 Å². The number of carbonyl (C=O) groups excluding carboxylic acids is 1. The smallest absolute Gasteiger partial charge is 0.211 e. The standard InChI is InChI=1S/C12H17NO2/c1-3-4-6-10-11(13-9-14)7-5-8-12(10)15-2/h5,7-9H,3-4,6H2,1-2H3,(H,13,14). The highest BCUT2D eigenvalue weighted by Gasteiger charge is 2.07. The lowest BCUT2D eigenvalue weighted by Crippen LogP contribution is -2.01. The molecule has 0 bridgehead atoms. The SMILES string of the molecule is CCCCc1c(NC=O)cccc1OC. The Balaban J connectivity index is 2.96. The Morgan fingerprint density at radius 2 is 2.27 bits per heavy atom. The maximum absolute atomic E-state index is 10.4. The number of hydrogen-bond acceptors (Lipinski definition) is 2. The Hall–Kier alpha value is -1.51. The summed E-state index contributed by atoms with van der Waals surface area (Å²) < 4.78 is 5.27. The van der Waals surface area contributed by atoms with Gasteiger partial charge in [-0.25, -0.2) is 0 Å². The Labute approximate surface area is 90.4 Å². The normalized spacial score (nSPS) is 9.73. The Morgan fingerprint density at radius 1 is 1.47 bits per heavy atom. The average Bonchev–Trinajstić information content (AvgIpc) is 2.27. The quantitative estimate of drug-likeness (QED) is 0.728. The first-order valence-electron chi connectivity index (χ1n) is 5.19. The highest BCUT2D eigenvalue weighted by atomic mass is 16.5. The second kappa shape index (κ2) is 6.06. The number of anilines is 1. The minimum atomic E-state index is 0.699. The van der Waals surface area contributed by atoms with Crippen LogP contribution in [0.2, 0.25) is 0 Å². The van der Waals surface area contributed by atoms with Crippen LogP contribution < -0.4 is 10.1 Å². The first-order chi connectivity index (χ1) is 7.33. The van der Waals surface area contributed by atoms with Gasteiger partial charge in [0.15, 0.2) is 0 Å². The summed E-state index contributed by atoms with van der Waals surface area (Å²) in [5.41, 5.74) is 1.92. The van der Waals surface area contributed by atoms with Crippen LogP contribution in [0.3, 0.4) is 0 Å². The average molecular weight is 207 g/mol. The van der Waals surface area contributed by atoms with Gasteiger partial charge in [0.1, 0.15) is 5.75 Å². The van der Waals surface area contributed by atoms with Crippen LogP contribution in [0.25, 0.3) is 0 Å². The third kappa shape index (κ3) is 2.98. The van der Waals surface area contributed by atoms with Gasteiger partial charge in [0.05, 0.1) is 7.11 Å². The molecule has 1 aromatic rings. The monoisotopic (exact) mass is 207 g/mol. The number of amides is 1. The molecular weight excluding hydrogens is 190 g/mol. The molecule has 3 heteroatoms. The molecule has 82 valence electrons. The molecule has 0 aliphatic heterocycles. The number of unbranched alkanes of at least 4 members (excludes halogenated alkanes) is 1. The van der Waals surface area contributed by atoms with Crippen LogP contribution in [-0.2, 0) is 11.2 Å². The van der Waals surface area contributed by atoms with Crippen molar-refractivity contribution < 1.29 is 9.53 Å². The van der Waals surface area contributed by atoms with Crippen molar-refractivity contribution in [3.05, 3.63) is 23.8 Å². The number of ether oxygens (including phenoxy) is 1. The highest BCUT2D eigenvalue weighted by Crippen LogP contribution is 2.27. The molecule has 15 heavy (non-hydrogen) atoms. The van der Waals surface area contributed by atoms with Crippen LogP contribution in [-0.4, -0.2) is 13.5 Å². The maximum atomic E-state index is 10.4. The molecule has 1 aromatic carbocycles. The van der Waals surface area contributed by atoms with E-state index in [4.69, 9.17) is 4.74 Å². The summed E-state index contributed by atoms with van der Waals surface area (Å²) in [4.78, 5) is 10.4. The molecule has 0 heterocycles. The van der Waals surface area contributed by atoms with Crippen LogP contribution in [0.1, 0.15) is 25.3 Å². The van der Waals surface area contributed by atoms with Gasteiger partial charge in [0.25, 0.3) is 0 Å². The number of benzene rings is 1. The minimum Gasteiger partial charge on any atom is -0.496 e. The summed E-state index contributed by atoms with van der Waals surface area (Å²) in [5.74, 6) is 0.843. The van der Waals surface area contributed by atoms with E-state index in [2.05, 4.69) is 12.2 Å². The van der Waals surface area contributed by atoms with Crippen molar-refractivity contribution >= 4 is 12.1 Å². The van der Waals surface area contributed by atoms with Gasteiger partial charge in [0, 0.05) is 11.3 Å². The van der Waals surface area contributed by atoms with E-state index in [1.165, 1.54) is 0 Å². The first-order valence-corrected chi connectivity index (χ1v) is 5.19. The largest absolute Gasteiger partial charge is 0.496 e. The van der Waals surface area contributed by atoms with Crippen LogP contribution in [0.4, 0.5) is 5.69 Å². The summed E-state index contributed by atoms with van der Waals surface area (Å²) in [6, 6.07) is 5.68. The molecule has 1 rings (SSSR count). The van der Waals surface area contributed by atoms with Gasteiger partial charge in [-0.3, -0.25) is 4.79 Å². The molecule has 0 saturated heterocycles. The van der Waals surface area contributed by atoms with E-state index in [-0.39, 0.29) is 0 Å². The van der Waals surface area contributed by atoms with Crippen molar-refractivity contribution in [2.45, 2.75) is 26.2 Å². The molecule has 0 unspecified atom stereocenters. The van der Waals surface area contributed by atoms with Crippen LogP contribution >= 0.6 is 0 Å². The van der Waals surface area contributed by atoms with Crippen LogP contribution in [0.5, 0.6) is 5.75 Å². The van der Waals surface area contributed by atoms with Crippen molar-refractivity contribution in [1.29, 1.82) is 0 Å². The van der Waals surface area contributed by atoms with Gasteiger partial charge >= 0.3 is 0 Å². The van der Waals surface area contributed by atoms with Crippen molar-refractivity contribution in [2.75, 3.05) is 12.4 Å². The molecule has 0 spiro atoms. The zero-order valence-electron chi connectivity index (χ0n) is 9.25. The molecule has 0 atom stereocenters.